The Morgan fingerprint density at radius 2 is 2.00 bits per heavy atom. The lowest BCUT2D eigenvalue weighted by Gasteiger charge is -2.18. The van der Waals surface area contributed by atoms with Crippen LogP contribution in [0, 0.1) is 25.5 Å². The Morgan fingerprint density at radius 3 is 2.57 bits per heavy atom. The van der Waals surface area contributed by atoms with Crippen LogP contribution in [-0.4, -0.2) is 11.5 Å². The van der Waals surface area contributed by atoms with Crippen LogP contribution in [0.4, 0.5) is 8.78 Å². The summed E-state index contributed by atoms with van der Waals surface area (Å²) in [5.74, 6) is -1.60. The quantitative estimate of drug-likeness (QED) is 0.859. The maximum absolute atomic E-state index is 13.4. The third kappa shape index (κ3) is 4.08. The number of rotatable bonds is 6. The van der Waals surface area contributed by atoms with Crippen molar-refractivity contribution in [2.24, 2.45) is 0 Å². The number of benzene rings is 1. The first-order valence-electron chi connectivity index (χ1n) is 7.12. The van der Waals surface area contributed by atoms with Crippen LogP contribution in [0.5, 0.6) is 0 Å². The number of aryl methyl sites for hydroxylation is 2. The van der Waals surface area contributed by atoms with E-state index in [0.29, 0.717) is 6.42 Å². The standard InChI is InChI=1S/C16H20F2N2S/c1-4-7-19-15(16-10(2)20-11(3)21-16)9-12-5-6-13(17)14(18)8-12/h5-6,8,15,19H,4,7,9H2,1-3H3. The van der Waals surface area contributed by atoms with E-state index < -0.39 is 11.6 Å². The Balaban J connectivity index is 2.23. The molecule has 1 aromatic heterocycles. The van der Waals surface area contributed by atoms with Crippen molar-refractivity contribution in [3.63, 3.8) is 0 Å². The van der Waals surface area contributed by atoms with Crippen molar-refractivity contribution >= 4 is 11.3 Å². The minimum Gasteiger partial charge on any atom is -0.309 e. The number of aromatic nitrogens is 1. The Morgan fingerprint density at radius 1 is 1.24 bits per heavy atom. The van der Waals surface area contributed by atoms with Crippen LogP contribution in [0.25, 0.3) is 0 Å². The van der Waals surface area contributed by atoms with Gasteiger partial charge in [0.05, 0.1) is 10.7 Å². The number of halogens is 2. The van der Waals surface area contributed by atoms with E-state index in [2.05, 4.69) is 17.2 Å². The molecule has 1 heterocycles. The summed E-state index contributed by atoms with van der Waals surface area (Å²) >= 11 is 1.66. The lowest BCUT2D eigenvalue weighted by molar-refractivity contribution is 0.501. The number of thiazole rings is 1. The van der Waals surface area contributed by atoms with Crippen molar-refractivity contribution in [3.05, 3.63) is 51.0 Å². The van der Waals surface area contributed by atoms with Gasteiger partial charge in [0.25, 0.3) is 0 Å². The maximum atomic E-state index is 13.4. The molecule has 0 aliphatic carbocycles. The van der Waals surface area contributed by atoms with Gasteiger partial charge in [0.15, 0.2) is 11.6 Å². The molecule has 1 atom stereocenters. The van der Waals surface area contributed by atoms with Crippen molar-refractivity contribution in [3.8, 4) is 0 Å². The second-order valence-corrected chi connectivity index (χ2v) is 6.38. The predicted molar refractivity (Wildman–Crippen MR) is 82.7 cm³/mol. The highest BCUT2D eigenvalue weighted by Gasteiger charge is 2.18. The highest BCUT2D eigenvalue weighted by Crippen LogP contribution is 2.28. The van der Waals surface area contributed by atoms with Crippen LogP contribution < -0.4 is 5.32 Å². The van der Waals surface area contributed by atoms with Crippen molar-refractivity contribution < 1.29 is 8.78 Å². The highest BCUT2D eigenvalue weighted by molar-refractivity contribution is 7.11. The van der Waals surface area contributed by atoms with Gasteiger partial charge in [-0.25, -0.2) is 13.8 Å². The molecule has 0 aliphatic rings. The first-order chi connectivity index (χ1) is 10.0. The number of hydrogen-bond acceptors (Lipinski definition) is 3. The van der Waals surface area contributed by atoms with Gasteiger partial charge in [-0.05, 0) is 50.9 Å². The maximum Gasteiger partial charge on any atom is 0.159 e. The molecule has 5 heteroatoms. The summed E-state index contributed by atoms with van der Waals surface area (Å²) in [7, 11) is 0. The minimum absolute atomic E-state index is 0.0843. The Bertz CT molecular complexity index is 610. The SMILES string of the molecule is CCCNC(Cc1ccc(F)c(F)c1)c1sc(C)nc1C. The Kier molecular flexibility index (Phi) is 5.42. The summed E-state index contributed by atoms with van der Waals surface area (Å²) in [6, 6.07) is 4.19. The first-order valence-corrected chi connectivity index (χ1v) is 7.94. The molecule has 0 aliphatic heterocycles. The topological polar surface area (TPSA) is 24.9 Å². The zero-order chi connectivity index (χ0) is 15.4. The van der Waals surface area contributed by atoms with Gasteiger partial charge in [0.1, 0.15) is 0 Å². The smallest absolute Gasteiger partial charge is 0.159 e. The summed E-state index contributed by atoms with van der Waals surface area (Å²) in [6.45, 7) is 6.96. The van der Waals surface area contributed by atoms with E-state index in [1.165, 1.54) is 17.0 Å². The second-order valence-electron chi connectivity index (χ2n) is 5.14. The van der Waals surface area contributed by atoms with Crippen molar-refractivity contribution in [2.45, 2.75) is 39.7 Å². The van der Waals surface area contributed by atoms with Crippen LogP contribution >= 0.6 is 11.3 Å². The average molecular weight is 310 g/mol. The van der Waals surface area contributed by atoms with Gasteiger partial charge in [-0.15, -0.1) is 11.3 Å². The fourth-order valence-electron chi connectivity index (χ4n) is 2.35. The van der Waals surface area contributed by atoms with E-state index in [9.17, 15) is 8.78 Å². The Labute approximate surface area is 128 Å². The highest BCUT2D eigenvalue weighted by atomic mass is 32.1. The molecule has 0 radical (unpaired) electrons. The zero-order valence-electron chi connectivity index (χ0n) is 12.5. The number of nitrogens with zero attached hydrogens (tertiary/aromatic N) is 1. The monoisotopic (exact) mass is 310 g/mol. The summed E-state index contributed by atoms with van der Waals surface area (Å²) in [4.78, 5) is 5.63. The minimum atomic E-state index is -0.804. The molecule has 0 fully saturated rings. The largest absolute Gasteiger partial charge is 0.309 e. The summed E-state index contributed by atoms with van der Waals surface area (Å²) < 4.78 is 26.4. The van der Waals surface area contributed by atoms with Gasteiger partial charge < -0.3 is 5.32 Å². The second kappa shape index (κ2) is 7.09. The van der Waals surface area contributed by atoms with Gasteiger partial charge in [-0.3, -0.25) is 0 Å². The van der Waals surface area contributed by atoms with E-state index >= 15 is 0 Å². The van der Waals surface area contributed by atoms with E-state index in [1.807, 2.05) is 13.8 Å². The molecule has 1 N–H and O–H groups in total. The molecule has 0 amide bonds. The molecule has 2 rings (SSSR count). The molecule has 2 aromatic rings. The van der Waals surface area contributed by atoms with Crippen LogP contribution in [0.1, 0.15) is 40.5 Å². The van der Waals surface area contributed by atoms with Crippen molar-refractivity contribution in [1.82, 2.24) is 10.3 Å². The molecular weight excluding hydrogens is 290 g/mol. The zero-order valence-corrected chi connectivity index (χ0v) is 13.4. The van der Waals surface area contributed by atoms with E-state index in [0.717, 1.165) is 29.2 Å². The van der Waals surface area contributed by atoms with Crippen LogP contribution in [0.2, 0.25) is 0 Å². The molecule has 0 saturated carbocycles. The fourth-order valence-corrected chi connectivity index (χ4v) is 3.35. The van der Waals surface area contributed by atoms with E-state index in [1.54, 1.807) is 17.4 Å². The predicted octanol–water partition coefficient (Wildman–Crippen LogP) is 4.32. The van der Waals surface area contributed by atoms with Gasteiger partial charge in [0, 0.05) is 10.9 Å². The van der Waals surface area contributed by atoms with Crippen molar-refractivity contribution in [2.75, 3.05) is 6.54 Å². The first kappa shape index (κ1) is 16.0. The van der Waals surface area contributed by atoms with Crippen LogP contribution in [-0.2, 0) is 6.42 Å². The van der Waals surface area contributed by atoms with Gasteiger partial charge in [-0.2, -0.15) is 0 Å². The van der Waals surface area contributed by atoms with E-state index in [-0.39, 0.29) is 6.04 Å². The summed E-state index contributed by atoms with van der Waals surface area (Å²) in [6.07, 6.45) is 1.64. The molecule has 1 unspecified atom stereocenters. The molecule has 0 bridgehead atoms. The molecule has 2 nitrogen and oxygen atoms in total. The summed E-state index contributed by atoms with van der Waals surface area (Å²) in [5, 5.41) is 4.50. The van der Waals surface area contributed by atoms with Crippen LogP contribution in [0.15, 0.2) is 18.2 Å². The fraction of sp³-hybridized carbons (Fsp3) is 0.438. The van der Waals surface area contributed by atoms with Crippen molar-refractivity contribution in [1.29, 1.82) is 0 Å². The third-order valence-electron chi connectivity index (χ3n) is 3.32. The lowest BCUT2D eigenvalue weighted by atomic mass is 10.0. The van der Waals surface area contributed by atoms with Gasteiger partial charge in [0.2, 0.25) is 0 Å². The molecular formula is C16H20F2N2S. The third-order valence-corrected chi connectivity index (χ3v) is 4.51. The lowest BCUT2D eigenvalue weighted by Crippen LogP contribution is -2.24. The number of hydrogen-bond donors (Lipinski definition) is 1. The molecule has 114 valence electrons. The molecule has 21 heavy (non-hydrogen) atoms. The molecule has 0 spiro atoms. The average Bonchev–Trinajstić information content (AvgIpc) is 2.77. The van der Waals surface area contributed by atoms with Gasteiger partial charge in [-0.1, -0.05) is 13.0 Å². The summed E-state index contributed by atoms with van der Waals surface area (Å²) in [5.41, 5.74) is 1.79. The molecule has 0 saturated heterocycles. The number of nitrogens with one attached hydrogen (secondary N) is 1. The normalized spacial score (nSPS) is 12.6. The Hall–Kier alpha value is -1.33. The van der Waals surface area contributed by atoms with Gasteiger partial charge >= 0.3 is 0 Å². The van der Waals surface area contributed by atoms with E-state index in [4.69, 9.17) is 0 Å². The molecule has 1 aromatic carbocycles. The van der Waals surface area contributed by atoms with Crippen LogP contribution in [0.3, 0.4) is 0 Å².